The van der Waals surface area contributed by atoms with Crippen molar-refractivity contribution in [2.24, 2.45) is 16.5 Å². The number of guanidine groups is 1. The Hall–Kier alpha value is -2.59. The van der Waals surface area contributed by atoms with Crippen LogP contribution in [0.15, 0.2) is 69.3 Å². The lowest BCUT2D eigenvalue weighted by Crippen LogP contribution is -2.47. The smallest absolute Gasteiger partial charge is 0.370 e. The standard InChI is InChI=1S/C16H13F4N5S/c17-11-7-9(1-2-12(11)26-10-3-5-23-6-4-10)15(22)8-13(16(18,19)20)24-14(21)25-15/h1-8H,22H2,(H3,21,24,25). The third kappa shape index (κ3) is 3.81. The third-order valence-corrected chi connectivity index (χ3v) is 4.57. The molecular formula is C16H13F4N5S. The van der Waals surface area contributed by atoms with Crippen LogP contribution in [-0.4, -0.2) is 17.1 Å². The summed E-state index contributed by atoms with van der Waals surface area (Å²) in [6, 6.07) is 7.31. The molecule has 2 heterocycles. The quantitative estimate of drug-likeness (QED) is 0.710. The van der Waals surface area contributed by atoms with Crippen LogP contribution < -0.4 is 16.8 Å². The fourth-order valence-corrected chi connectivity index (χ4v) is 3.12. The predicted octanol–water partition coefficient (Wildman–Crippen LogP) is 2.85. The number of rotatable bonds is 3. The molecule has 5 N–H and O–H groups in total. The molecule has 0 radical (unpaired) electrons. The van der Waals surface area contributed by atoms with E-state index in [0.717, 1.165) is 22.7 Å². The molecule has 0 fully saturated rings. The molecule has 1 aliphatic heterocycles. The molecule has 136 valence electrons. The number of hydrogen-bond donors (Lipinski definition) is 3. The van der Waals surface area contributed by atoms with Crippen LogP contribution in [0, 0.1) is 5.82 Å². The molecule has 5 nitrogen and oxygen atoms in total. The monoisotopic (exact) mass is 383 g/mol. The molecule has 26 heavy (non-hydrogen) atoms. The van der Waals surface area contributed by atoms with Crippen LogP contribution in [0.4, 0.5) is 17.6 Å². The first kappa shape index (κ1) is 18.2. The SMILES string of the molecule is NC1=NC(N)(c2ccc(Sc3ccncc3)c(F)c2)C=C(C(F)(F)F)N1. The number of allylic oxidation sites excluding steroid dienone is 1. The van der Waals surface area contributed by atoms with E-state index >= 15 is 0 Å². The van der Waals surface area contributed by atoms with E-state index in [1.807, 2.05) is 5.32 Å². The summed E-state index contributed by atoms with van der Waals surface area (Å²) in [6.45, 7) is 0. The molecule has 0 saturated carbocycles. The maximum absolute atomic E-state index is 14.5. The van der Waals surface area contributed by atoms with Crippen molar-refractivity contribution in [3.63, 3.8) is 0 Å². The second-order valence-electron chi connectivity index (χ2n) is 5.43. The van der Waals surface area contributed by atoms with Crippen molar-refractivity contribution >= 4 is 17.7 Å². The van der Waals surface area contributed by atoms with Crippen molar-refractivity contribution in [3.05, 3.63) is 65.9 Å². The average Bonchev–Trinajstić information content (AvgIpc) is 2.56. The first-order valence-corrected chi connectivity index (χ1v) is 8.08. The number of aliphatic imine (C=N–C) groups is 1. The number of alkyl halides is 3. The van der Waals surface area contributed by atoms with Gasteiger partial charge in [-0.3, -0.25) is 10.7 Å². The minimum absolute atomic E-state index is 0.0419. The largest absolute Gasteiger partial charge is 0.431 e. The van der Waals surface area contributed by atoms with Crippen molar-refractivity contribution in [2.45, 2.75) is 21.6 Å². The van der Waals surface area contributed by atoms with Gasteiger partial charge in [0.15, 0.2) is 11.6 Å². The minimum Gasteiger partial charge on any atom is -0.370 e. The Kier molecular flexibility index (Phi) is 4.63. The van der Waals surface area contributed by atoms with Gasteiger partial charge in [-0.05, 0) is 30.3 Å². The maximum Gasteiger partial charge on any atom is 0.431 e. The van der Waals surface area contributed by atoms with Crippen molar-refractivity contribution in [1.29, 1.82) is 0 Å². The summed E-state index contributed by atoms with van der Waals surface area (Å²) in [5.74, 6) is -1.14. The zero-order chi connectivity index (χ0) is 18.9. The average molecular weight is 383 g/mol. The fourth-order valence-electron chi connectivity index (χ4n) is 2.32. The highest BCUT2D eigenvalue weighted by Crippen LogP contribution is 2.35. The van der Waals surface area contributed by atoms with Gasteiger partial charge in [0.1, 0.15) is 11.5 Å². The predicted molar refractivity (Wildman–Crippen MR) is 89.5 cm³/mol. The molecule has 2 aromatic rings. The molecule has 3 rings (SSSR count). The molecule has 1 atom stereocenters. The minimum atomic E-state index is -4.69. The van der Waals surface area contributed by atoms with Crippen LogP contribution in [0.2, 0.25) is 0 Å². The van der Waals surface area contributed by atoms with Crippen LogP contribution in [0.3, 0.4) is 0 Å². The van der Waals surface area contributed by atoms with Gasteiger partial charge in [-0.1, -0.05) is 17.8 Å². The molecule has 10 heteroatoms. The lowest BCUT2D eigenvalue weighted by molar-refractivity contribution is -0.0959. The lowest BCUT2D eigenvalue weighted by atomic mass is 9.98. The van der Waals surface area contributed by atoms with Gasteiger partial charge in [0.25, 0.3) is 0 Å². The molecule has 0 aliphatic carbocycles. The number of nitrogens with one attached hydrogen (secondary N) is 1. The molecule has 0 saturated heterocycles. The fraction of sp³-hybridized carbons (Fsp3) is 0.125. The van der Waals surface area contributed by atoms with Crippen molar-refractivity contribution in [3.8, 4) is 0 Å². The van der Waals surface area contributed by atoms with E-state index in [1.54, 1.807) is 24.5 Å². The van der Waals surface area contributed by atoms with Crippen LogP contribution >= 0.6 is 11.8 Å². The zero-order valence-electron chi connectivity index (χ0n) is 13.1. The Morgan fingerprint density at radius 2 is 1.81 bits per heavy atom. The number of nitrogens with zero attached hydrogens (tertiary/aromatic N) is 2. The van der Waals surface area contributed by atoms with E-state index in [0.29, 0.717) is 6.08 Å². The second-order valence-corrected chi connectivity index (χ2v) is 6.55. The summed E-state index contributed by atoms with van der Waals surface area (Å²) in [7, 11) is 0. The molecule has 0 amide bonds. The Morgan fingerprint density at radius 3 is 2.42 bits per heavy atom. The summed E-state index contributed by atoms with van der Waals surface area (Å²) in [4.78, 5) is 8.73. The van der Waals surface area contributed by atoms with E-state index in [9.17, 15) is 17.6 Å². The zero-order valence-corrected chi connectivity index (χ0v) is 13.9. The van der Waals surface area contributed by atoms with Gasteiger partial charge in [-0.2, -0.15) is 13.2 Å². The van der Waals surface area contributed by atoms with Gasteiger partial charge in [0.2, 0.25) is 0 Å². The normalized spacial score (nSPS) is 20.2. The molecule has 1 aromatic carbocycles. The molecular weight excluding hydrogens is 370 g/mol. The van der Waals surface area contributed by atoms with Crippen LogP contribution in [-0.2, 0) is 5.66 Å². The Bertz CT molecular complexity index is 882. The second kappa shape index (κ2) is 6.61. The summed E-state index contributed by atoms with van der Waals surface area (Å²) in [6.07, 6.45) is -0.881. The summed E-state index contributed by atoms with van der Waals surface area (Å²) in [5, 5.41) is 1.92. The van der Waals surface area contributed by atoms with Gasteiger partial charge in [-0.15, -0.1) is 0 Å². The third-order valence-electron chi connectivity index (χ3n) is 3.51. The van der Waals surface area contributed by atoms with Gasteiger partial charge >= 0.3 is 6.18 Å². The topological polar surface area (TPSA) is 89.3 Å². The van der Waals surface area contributed by atoms with Crippen molar-refractivity contribution in [2.75, 3.05) is 0 Å². The first-order valence-electron chi connectivity index (χ1n) is 7.26. The van der Waals surface area contributed by atoms with Crippen molar-refractivity contribution < 1.29 is 17.6 Å². The molecule has 1 unspecified atom stereocenters. The Balaban J connectivity index is 1.95. The van der Waals surface area contributed by atoms with Crippen LogP contribution in [0.5, 0.6) is 0 Å². The van der Waals surface area contributed by atoms with Gasteiger partial charge in [-0.25, -0.2) is 9.38 Å². The first-order chi connectivity index (χ1) is 12.2. The lowest BCUT2D eigenvalue weighted by Gasteiger charge is -2.29. The summed E-state index contributed by atoms with van der Waals surface area (Å²) < 4.78 is 53.4. The van der Waals surface area contributed by atoms with Crippen LogP contribution in [0.25, 0.3) is 0 Å². The highest BCUT2D eigenvalue weighted by Gasteiger charge is 2.40. The van der Waals surface area contributed by atoms with Gasteiger partial charge in [0.05, 0.1) is 0 Å². The molecule has 1 aromatic heterocycles. The van der Waals surface area contributed by atoms with E-state index in [1.165, 1.54) is 12.1 Å². The summed E-state index contributed by atoms with van der Waals surface area (Å²) in [5.41, 5.74) is 8.35. The molecule has 0 bridgehead atoms. The highest BCUT2D eigenvalue weighted by molar-refractivity contribution is 7.99. The van der Waals surface area contributed by atoms with E-state index < -0.39 is 29.3 Å². The number of aromatic nitrogens is 1. The number of pyridine rings is 1. The Morgan fingerprint density at radius 1 is 1.12 bits per heavy atom. The van der Waals surface area contributed by atoms with Gasteiger partial charge in [0, 0.05) is 27.7 Å². The van der Waals surface area contributed by atoms with Crippen molar-refractivity contribution in [1.82, 2.24) is 10.3 Å². The highest BCUT2D eigenvalue weighted by atomic mass is 32.2. The molecule has 0 spiro atoms. The summed E-state index contributed by atoms with van der Waals surface area (Å²) >= 11 is 1.15. The maximum atomic E-state index is 14.5. The van der Waals surface area contributed by atoms with E-state index in [2.05, 4.69) is 9.98 Å². The number of hydrogen-bond acceptors (Lipinski definition) is 6. The molecule has 1 aliphatic rings. The van der Waals surface area contributed by atoms with E-state index in [-0.39, 0.29) is 10.5 Å². The van der Waals surface area contributed by atoms with E-state index in [4.69, 9.17) is 11.5 Å². The van der Waals surface area contributed by atoms with Gasteiger partial charge < -0.3 is 11.1 Å². The number of nitrogens with two attached hydrogens (primary N) is 2. The van der Waals surface area contributed by atoms with Crippen LogP contribution in [0.1, 0.15) is 5.56 Å². The Labute approximate surface area is 150 Å². The number of benzene rings is 1. The number of halogens is 4.